The van der Waals surface area contributed by atoms with Crippen molar-refractivity contribution >= 4 is 30.1 Å². The molecule has 0 atom stereocenters. The van der Waals surface area contributed by atoms with Crippen molar-refractivity contribution in [3.63, 3.8) is 0 Å². The van der Waals surface area contributed by atoms with E-state index in [9.17, 15) is 44.6 Å². The fraction of sp³-hybridized carbons (Fsp3) is 0.0769. The van der Waals surface area contributed by atoms with E-state index in [4.69, 9.17) is 0 Å². The largest absolute Gasteiger partial charge is 1.00 e. The summed E-state index contributed by atoms with van der Waals surface area (Å²) in [6.45, 7) is 1.61. The van der Waals surface area contributed by atoms with Crippen molar-refractivity contribution in [1.82, 2.24) is 0 Å². The van der Waals surface area contributed by atoms with Gasteiger partial charge in [-0.25, -0.2) is 25.3 Å². The van der Waals surface area contributed by atoms with Gasteiger partial charge in [0.15, 0.2) is 5.75 Å². The standard InChI is InChI=1S/C13H12O10S3.2K/c1-7-2-4-8(5-3-7)24(16,17)13-11(15)10(25(18,19)20)6-9(14)12(13)26(21,22)23;;/h2-6,14-15H,1H3,(H,18,19,20)(H,21,22,23);;/q;2*+1/p-2. The fourth-order valence-electron chi connectivity index (χ4n) is 2.11. The van der Waals surface area contributed by atoms with Gasteiger partial charge in [0.05, 0.1) is 4.90 Å². The van der Waals surface area contributed by atoms with Crippen LogP contribution in [0.5, 0.6) is 11.5 Å². The van der Waals surface area contributed by atoms with Crippen LogP contribution in [0.4, 0.5) is 0 Å². The smallest absolute Gasteiger partial charge is 0.744 e. The molecule has 2 rings (SSSR count). The molecule has 142 valence electrons. The SMILES string of the molecule is Cc1ccc(S(=O)(=O)c2c(O)c(S(=O)(=O)[O-])cc(O)c2S(=O)(=O)[O-])cc1.[K+].[K+]. The number of sulfone groups is 1. The summed E-state index contributed by atoms with van der Waals surface area (Å²) in [6.07, 6.45) is 0. The number of aromatic hydroxyl groups is 2. The number of hydrogen-bond acceptors (Lipinski definition) is 10. The predicted octanol–water partition coefficient (Wildman–Crippen LogP) is -5.94. The van der Waals surface area contributed by atoms with E-state index in [2.05, 4.69) is 0 Å². The van der Waals surface area contributed by atoms with Crippen molar-refractivity contribution < 1.29 is 147 Å². The maximum atomic E-state index is 12.7. The van der Waals surface area contributed by atoms with Gasteiger partial charge in [0.1, 0.15) is 40.7 Å². The topological polar surface area (TPSA) is 189 Å². The van der Waals surface area contributed by atoms with Crippen molar-refractivity contribution in [2.45, 2.75) is 26.5 Å². The monoisotopic (exact) mass is 500 g/mol. The van der Waals surface area contributed by atoms with Gasteiger partial charge in [-0.05, 0) is 19.1 Å². The van der Waals surface area contributed by atoms with Crippen molar-refractivity contribution in [2.75, 3.05) is 0 Å². The molecule has 0 bridgehead atoms. The second kappa shape index (κ2) is 10.1. The summed E-state index contributed by atoms with van der Waals surface area (Å²) in [5.41, 5.74) is 0.614. The van der Waals surface area contributed by atoms with Gasteiger partial charge in [-0.1, -0.05) is 17.7 Å². The molecule has 2 N–H and O–H groups in total. The molecule has 0 radical (unpaired) electrons. The average molecular weight is 501 g/mol. The van der Waals surface area contributed by atoms with E-state index in [-0.39, 0.29) is 109 Å². The summed E-state index contributed by atoms with van der Waals surface area (Å²) >= 11 is 0. The van der Waals surface area contributed by atoms with E-state index >= 15 is 0 Å². The Kier molecular flexibility index (Phi) is 10.5. The summed E-state index contributed by atoms with van der Waals surface area (Å²) < 4.78 is 93.1. The Morgan fingerprint density at radius 3 is 1.64 bits per heavy atom. The van der Waals surface area contributed by atoms with Crippen LogP contribution in [-0.4, -0.2) is 44.6 Å². The van der Waals surface area contributed by atoms with Gasteiger partial charge in [-0.3, -0.25) is 0 Å². The molecule has 15 heteroatoms. The average Bonchev–Trinajstić information content (AvgIpc) is 2.46. The minimum Gasteiger partial charge on any atom is -0.744 e. The third kappa shape index (κ3) is 6.07. The number of benzene rings is 2. The van der Waals surface area contributed by atoms with Gasteiger partial charge in [0.2, 0.25) is 9.84 Å². The van der Waals surface area contributed by atoms with Crippen molar-refractivity contribution in [3.05, 3.63) is 35.9 Å². The second-order valence-corrected chi connectivity index (χ2v) is 9.68. The van der Waals surface area contributed by atoms with Crippen molar-refractivity contribution in [1.29, 1.82) is 0 Å². The molecule has 2 aromatic carbocycles. The van der Waals surface area contributed by atoms with Crippen molar-refractivity contribution in [3.8, 4) is 11.5 Å². The van der Waals surface area contributed by atoms with Crippen LogP contribution in [0.1, 0.15) is 5.56 Å². The first-order chi connectivity index (χ1) is 11.7. The van der Waals surface area contributed by atoms with Crippen LogP contribution in [0.2, 0.25) is 0 Å². The Morgan fingerprint density at radius 1 is 0.786 bits per heavy atom. The Balaban J connectivity index is 0.00000364. The molecule has 0 saturated heterocycles. The molecular formula is C13H10K2O10S3. The van der Waals surface area contributed by atoms with Gasteiger partial charge in [-0.15, -0.1) is 0 Å². The molecule has 0 spiro atoms. The molecule has 10 nitrogen and oxygen atoms in total. The Labute approximate surface area is 246 Å². The van der Waals surface area contributed by atoms with Gasteiger partial charge in [0.25, 0.3) is 0 Å². The van der Waals surface area contributed by atoms with Gasteiger partial charge < -0.3 is 19.3 Å². The maximum absolute atomic E-state index is 12.7. The first-order valence-electron chi connectivity index (χ1n) is 6.50. The normalized spacial score (nSPS) is 12.0. The van der Waals surface area contributed by atoms with Crippen LogP contribution in [0.3, 0.4) is 0 Å². The first kappa shape index (κ1) is 29.1. The molecule has 0 unspecified atom stereocenters. The molecule has 0 aliphatic rings. The second-order valence-electron chi connectivity index (χ2n) is 5.13. The Morgan fingerprint density at radius 2 is 1.25 bits per heavy atom. The molecule has 2 aromatic rings. The van der Waals surface area contributed by atoms with E-state index in [1.807, 2.05) is 0 Å². The fourth-order valence-corrected chi connectivity index (χ4v) is 5.49. The van der Waals surface area contributed by atoms with Crippen LogP contribution in [-0.2, 0) is 30.1 Å². The number of hydrogen-bond donors (Lipinski definition) is 2. The van der Waals surface area contributed by atoms with Gasteiger partial charge >= 0.3 is 103 Å². The van der Waals surface area contributed by atoms with Crippen LogP contribution < -0.4 is 103 Å². The van der Waals surface area contributed by atoms with Crippen LogP contribution >= 0.6 is 0 Å². The van der Waals surface area contributed by atoms with Crippen molar-refractivity contribution in [2.24, 2.45) is 0 Å². The van der Waals surface area contributed by atoms with E-state index in [0.717, 1.165) is 12.1 Å². The summed E-state index contributed by atoms with van der Waals surface area (Å²) in [5, 5.41) is 19.7. The third-order valence-electron chi connectivity index (χ3n) is 3.27. The number of aryl methyl sites for hydroxylation is 1. The first-order valence-corrected chi connectivity index (χ1v) is 10.8. The maximum Gasteiger partial charge on any atom is 1.00 e. The van der Waals surface area contributed by atoms with Crippen LogP contribution in [0.25, 0.3) is 0 Å². The molecule has 0 saturated carbocycles. The van der Waals surface area contributed by atoms with Gasteiger partial charge in [-0.2, -0.15) is 0 Å². The Bertz CT molecular complexity index is 1200. The quantitative estimate of drug-likeness (QED) is 0.232. The minimum absolute atomic E-state index is 0. The molecule has 0 aliphatic carbocycles. The van der Waals surface area contributed by atoms with E-state index in [0.29, 0.717) is 5.56 Å². The Hall–Kier alpha value is 1.08. The predicted molar refractivity (Wildman–Crippen MR) is 82.3 cm³/mol. The van der Waals surface area contributed by atoms with E-state index < -0.39 is 61.2 Å². The molecular weight excluding hydrogens is 491 g/mol. The summed E-state index contributed by atoms with van der Waals surface area (Å²) in [5.74, 6) is -3.37. The zero-order valence-electron chi connectivity index (χ0n) is 14.8. The number of phenolic OH excluding ortho intramolecular Hbond substituents is 2. The summed E-state index contributed by atoms with van der Waals surface area (Å²) in [7, 11) is -16.2. The molecule has 0 heterocycles. The van der Waals surface area contributed by atoms with Crippen LogP contribution in [0, 0.1) is 6.92 Å². The van der Waals surface area contributed by atoms with Gasteiger partial charge in [0, 0.05) is 6.07 Å². The molecule has 28 heavy (non-hydrogen) atoms. The number of phenols is 2. The molecule has 0 fully saturated rings. The third-order valence-corrected chi connectivity index (χ3v) is 6.99. The molecule has 0 aromatic heterocycles. The molecule has 0 aliphatic heterocycles. The molecule has 0 amide bonds. The van der Waals surface area contributed by atoms with E-state index in [1.165, 1.54) is 12.1 Å². The zero-order valence-corrected chi connectivity index (χ0v) is 23.5. The number of rotatable bonds is 4. The summed E-state index contributed by atoms with van der Waals surface area (Å²) in [4.78, 5) is -5.65. The zero-order chi connectivity index (χ0) is 20.1. The summed E-state index contributed by atoms with van der Waals surface area (Å²) in [6, 6.07) is 4.62. The van der Waals surface area contributed by atoms with Crippen LogP contribution in [0.15, 0.2) is 49.9 Å². The minimum atomic E-state index is -5.68. The van der Waals surface area contributed by atoms with E-state index in [1.54, 1.807) is 6.92 Å².